The fourth-order valence-electron chi connectivity index (χ4n) is 4.81. The van der Waals surface area contributed by atoms with Gasteiger partial charge in [-0.15, -0.1) is 10.6 Å². The van der Waals surface area contributed by atoms with Crippen LogP contribution < -0.4 is 9.47 Å². The molecule has 1 heterocycles. The molecule has 1 aromatic carbocycles. The maximum absolute atomic E-state index is 5.75. The molecule has 0 bridgehead atoms. The molecule has 0 fully saturated rings. The fraction of sp³-hybridized carbons (Fsp3) is 0.829. The lowest BCUT2D eigenvalue weighted by molar-refractivity contribution is 0.0101. The molecule has 237 valence electrons. The molecule has 1 aromatic rings. The summed E-state index contributed by atoms with van der Waals surface area (Å²) in [6.07, 6.45) is 22.0. The normalized spacial score (nSPS) is 11.9. The van der Waals surface area contributed by atoms with E-state index >= 15 is 0 Å². The van der Waals surface area contributed by atoms with E-state index in [0.29, 0.717) is 39.8 Å². The minimum absolute atomic E-state index is 0.305. The summed E-state index contributed by atoms with van der Waals surface area (Å²) in [5.41, 5.74) is 2.44. The third-order valence-corrected chi connectivity index (χ3v) is 9.01. The Bertz CT molecular complexity index is 685. The highest BCUT2D eigenvalue weighted by molar-refractivity contribution is 6.35. The van der Waals surface area contributed by atoms with Gasteiger partial charge in [-0.05, 0) is 36.1 Å². The second-order valence-electron chi connectivity index (χ2n) is 11.3. The Hall–Kier alpha value is -0.768. The highest BCUT2D eigenvalue weighted by atomic mass is 27.1. The van der Waals surface area contributed by atoms with E-state index in [9.17, 15) is 0 Å². The molecule has 2 rings (SSSR count). The van der Waals surface area contributed by atoms with Crippen LogP contribution in [0.2, 0.25) is 10.6 Å². The molecule has 0 saturated carbocycles. The molecule has 1 radical (unpaired) electrons. The molecule has 41 heavy (non-hydrogen) atoms. The number of rotatable bonds is 27. The molecular weight excluding hydrogens is 527 g/mol. The van der Waals surface area contributed by atoms with E-state index in [1.54, 1.807) is 10.6 Å². The van der Waals surface area contributed by atoms with E-state index in [4.69, 9.17) is 23.7 Å². The van der Waals surface area contributed by atoms with Gasteiger partial charge in [0.15, 0.2) is 26.7 Å². The quantitative estimate of drug-likeness (QED) is 0.0752. The fourth-order valence-corrected chi connectivity index (χ4v) is 6.26. The number of fused-ring (bicyclic) bond motifs is 1. The lowest BCUT2D eigenvalue weighted by Crippen LogP contribution is -2.10. The first-order valence-corrected chi connectivity index (χ1v) is 18.9. The summed E-state index contributed by atoms with van der Waals surface area (Å²) in [6, 6.07) is 4.12. The first-order chi connectivity index (χ1) is 20.3. The van der Waals surface area contributed by atoms with E-state index < -0.39 is 0 Å². The average molecular weight is 592 g/mol. The number of ether oxygens (including phenoxy) is 5. The summed E-state index contributed by atoms with van der Waals surface area (Å²) in [4.78, 5) is 0. The minimum Gasteiger partial charge on any atom is -0.454 e. The third-order valence-electron chi connectivity index (χ3n) is 7.38. The van der Waals surface area contributed by atoms with Crippen molar-refractivity contribution in [1.29, 1.82) is 0 Å². The summed E-state index contributed by atoms with van der Waals surface area (Å²) < 4.78 is 27.6. The first kappa shape index (κ1) is 38.3. The molecule has 0 unspecified atom stereocenters. The number of unbranched alkanes of at least 4 members (excludes halogenated alkanes) is 11. The molecule has 0 amide bonds. The van der Waals surface area contributed by atoms with E-state index in [2.05, 4.69) is 33.8 Å². The number of hydrogen-bond acceptors (Lipinski definition) is 5. The van der Waals surface area contributed by atoms with E-state index in [-0.39, 0.29) is 0 Å². The van der Waals surface area contributed by atoms with E-state index in [1.807, 2.05) is 6.07 Å². The van der Waals surface area contributed by atoms with Gasteiger partial charge >= 0.3 is 0 Å². The zero-order chi connectivity index (χ0) is 29.6. The Morgan fingerprint density at radius 3 is 1.59 bits per heavy atom. The standard InChI is InChI=1S/C19H30O5.2C8H17.Al/c1-3-5-7-20-8-9-21-10-11-22-14-17-13-19-18(23-15-24-19)12-16(17)6-4-2;2*1-3-5-7-8-6-4-2;/h12-13H,3-11,14-15H2,1-2H3;2*1,3-8H2,2H3;. The van der Waals surface area contributed by atoms with Gasteiger partial charge in [-0.25, -0.2) is 0 Å². The molecule has 0 atom stereocenters. The monoisotopic (exact) mass is 591 g/mol. The van der Waals surface area contributed by atoms with Crippen LogP contribution in [0.15, 0.2) is 12.1 Å². The van der Waals surface area contributed by atoms with Crippen LogP contribution in [0, 0.1) is 0 Å². The molecule has 0 spiro atoms. The van der Waals surface area contributed by atoms with Crippen molar-refractivity contribution < 1.29 is 23.7 Å². The highest BCUT2D eigenvalue weighted by Crippen LogP contribution is 2.35. The van der Waals surface area contributed by atoms with Crippen molar-refractivity contribution in [3.8, 4) is 11.5 Å². The minimum atomic E-state index is 0.305. The molecular formula is C35H64AlO5. The van der Waals surface area contributed by atoms with Crippen LogP contribution in [0.1, 0.15) is 135 Å². The predicted molar refractivity (Wildman–Crippen MR) is 175 cm³/mol. The summed E-state index contributed by atoms with van der Waals surface area (Å²) in [5.74, 6) is 1.66. The van der Waals surface area contributed by atoms with Crippen molar-refractivity contribution in [2.45, 2.75) is 148 Å². The van der Waals surface area contributed by atoms with Crippen LogP contribution in [0.25, 0.3) is 0 Å². The Kier molecular flexibility index (Phi) is 27.4. The summed E-state index contributed by atoms with van der Waals surface area (Å²) >= 11 is 0.794. The summed E-state index contributed by atoms with van der Waals surface area (Å²) in [5, 5.41) is 3.14. The van der Waals surface area contributed by atoms with Crippen LogP contribution in [0.3, 0.4) is 0 Å². The molecule has 1 aliphatic rings. The predicted octanol–water partition coefficient (Wildman–Crippen LogP) is 9.97. The molecule has 0 saturated heterocycles. The van der Waals surface area contributed by atoms with Crippen molar-refractivity contribution in [3.05, 3.63) is 23.3 Å². The van der Waals surface area contributed by atoms with Gasteiger partial charge in [0.25, 0.3) is 0 Å². The lowest BCUT2D eigenvalue weighted by atomic mass is 10.0. The first-order valence-electron chi connectivity index (χ1n) is 17.2. The van der Waals surface area contributed by atoms with Gasteiger partial charge in [-0.1, -0.05) is 118 Å². The highest BCUT2D eigenvalue weighted by Gasteiger charge is 2.17. The Balaban J connectivity index is 0.000000438. The van der Waals surface area contributed by atoms with Crippen LogP contribution in [0.5, 0.6) is 11.5 Å². The van der Waals surface area contributed by atoms with Gasteiger partial charge in [0, 0.05) is 6.61 Å². The number of hydrogen-bond donors (Lipinski definition) is 0. The largest absolute Gasteiger partial charge is 0.454 e. The van der Waals surface area contributed by atoms with Crippen molar-refractivity contribution in [2.75, 3.05) is 39.8 Å². The topological polar surface area (TPSA) is 46.2 Å². The number of aryl methyl sites for hydroxylation is 1. The second-order valence-corrected chi connectivity index (χ2v) is 13.0. The van der Waals surface area contributed by atoms with E-state index in [0.717, 1.165) is 59.0 Å². The SMILES string of the molecule is CCCCCCC[CH2][Al][CH2]CCCCCCC.CCCCOCCOCCOCc1cc2c(cc1CCC)OCO2. The molecule has 0 N–H and O–H groups in total. The smallest absolute Gasteiger partial charge is 0.231 e. The molecule has 5 nitrogen and oxygen atoms in total. The average Bonchev–Trinajstić information content (AvgIpc) is 3.44. The van der Waals surface area contributed by atoms with Gasteiger partial charge in [0.05, 0.1) is 33.0 Å². The Morgan fingerprint density at radius 1 is 0.537 bits per heavy atom. The zero-order valence-corrected chi connectivity index (χ0v) is 28.6. The van der Waals surface area contributed by atoms with Gasteiger partial charge in [0.2, 0.25) is 6.79 Å². The van der Waals surface area contributed by atoms with Crippen LogP contribution in [0.4, 0.5) is 0 Å². The Morgan fingerprint density at radius 2 is 1.02 bits per heavy atom. The van der Waals surface area contributed by atoms with Crippen LogP contribution >= 0.6 is 0 Å². The summed E-state index contributed by atoms with van der Waals surface area (Å²) in [7, 11) is 0. The lowest BCUT2D eigenvalue weighted by Gasteiger charge is -2.11. The van der Waals surface area contributed by atoms with Crippen LogP contribution in [-0.4, -0.2) is 55.0 Å². The maximum atomic E-state index is 5.75. The van der Waals surface area contributed by atoms with Crippen molar-refractivity contribution in [2.24, 2.45) is 0 Å². The van der Waals surface area contributed by atoms with Crippen molar-refractivity contribution >= 4 is 15.2 Å². The molecule has 6 heteroatoms. The zero-order valence-electron chi connectivity index (χ0n) is 27.5. The number of benzene rings is 1. The van der Waals surface area contributed by atoms with Crippen molar-refractivity contribution in [3.63, 3.8) is 0 Å². The van der Waals surface area contributed by atoms with Crippen molar-refractivity contribution in [1.82, 2.24) is 0 Å². The second kappa shape index (κ2) is 29.3. The summed E-state index contributed by atoms with van der Waals surface area (Å²) in [6.45, 7) is 13.1. The molecule has 1 aliphatic heterocycles. The maximum Gasteiger partial charge on any atom is 0.231 e. The molecule has 0 aromatic heterocycles. The molecule has 0 aliphatic carbocycles. The third kappa shape index (κ3) is 21.6. The van der Waals surface area contributed by atoms with Gasteiger partial charge < -0.3 is 23.7 Å². The van der Waals surface area contributed by atoms with Gasteiger partial charge in [0.1, 0.15) is 0 Å². The van der Waals surface area contributed by atoms with Gasteiger partial charge in [-0.3, -0.25) is 0 Å². The van der Waals surface area contributed by atoms with Gasteiger partial charge in [-0.2, -0.15) is 0 Å². The van der Waals surface area contributed by atoms with E-state index in [1.165, 1.54) is 88.2 Å². The van der Waals surface area contributed by atoms with Crippen LogP contribution in [-0.2, 0) is 27.2 Å². The Labute approximate surface area is 260 Å².